The molecule has 0 aliphatic heterocycles. The summed E-state index contributed by atoms with van der Waals surface area (Å²) in [7, 11) is 0. The molecular weight excluding hydrogens is 698 g/mol. The van der Waals surface area contributed by atoms with Gasteiger partial charge in [-0.15, -0.1) is 0 Å². The molecule has 4 aliphatic carbocycles. The number of hydrogen-bond acceptors (Lipinski definition) is 10. The number of nitro groups is 1. The maximum Gasteiger partial charge on any atom is 0.329 e. The Hall–Kier alpha value is -4.23. The van der Waals surface area contributed by atoms with Crippen LogP contribution in [0.25, 0.3) is 10.4 Å². The number of amides is 1. The van der Waals surface area contributed by atoms with Gasteiger partial charge < -0.3 is 24.6 Å². The van der Waals surface area contributed by atoms with Gasteiger partial charge in [0.25, 0.3) is 11.6 Å². The van der Waals surface area contributed by atoms with E-state index in [0.29, 0.717) is 61.4 Å². The standard InChI is InChI=1S/C39H55N5O10/c1-24(4-13-35(47)53-21-20-52-19-18-41-43-40)30-11-12-31-29-10-7-26-22-28(14-16-38(26,2)32(29)15-17-39(30,31)3)54-37(49)33(23-34(45)46)42-36(48)25-5-8-27(9-6-25)44(50)51/h5-6,8-9,24,26,28-33H,4,7,10-23H2,1-3H3,(H,42,48)(H,45,46)/t24-,26-,28-,29+,30?,31+,32+,33+,38+,39-/m1/s1. The molecule has 0 bridgehead atoms. The van der Waals surface area contributed by atoms with Crippen LogP contribution in [-0.4, -0.2) is 72.4 Å². The molecule has 1 unspecified atom stereocenters. The average Bonchev–Trinajstić information content (AvgIpc) is 3.50. The van der Waals surface area contributed by atoms with Crippen LogP contribution in [0.2, 0.25) is 0 Å². The first-order chi connectivity index (χ1) is 25.8. The molecule has 15 nitrogen and oxygen atoms in total. The molecule has 0 aromatic heterocycles. The van der Waals surface area contributed by atoms with E-state index in [1.165, 1.54) is 37.1 Å². The molecular formula is C39H55N5O10. The molecule has 4 saturated carbocycles. The largest absolute Gasteiger partial charge is 0.481 e. The van der Waals surface area contributed by atoms with Crippen molar-refractivity contribution < 1.29 is 43.4 Å². The summed E-state index contributed by atoms with van der Waals surface area (Å²) in [5.74, 6) is 0.246. The van der Waals surface area contributed by atoms with Crippen LogP contribution in [0.3, 0.4) is 0 Å². The molecule has 0 heterocycles. The van der Waals surface area contributed by atoms with Gasteiger partial charge in [-0.25, -0.2) is 4.79 Å². The maximum atomic E-state index is 13.3. The highest BCUT2D eigenvalue weighted by Gasteiger charge is 2.60. The number of ether oxygens (including phenoxy) is 3. The molecule has 1 aromatic carbocycles. The van der Waals surface area contributed by atoms with E-state index in [9.17, 15) is 34.4 Å². The molecule has 0 saturated heterocycles. The van der Waals surface area contributed by atoms with E-state index in [0.717, 1.165) is 38.5 Å². The van der Waals surface area contributed by atoms with Gasteiger partial charge in [0.15, 0.2) is 0 Å². The second-order valence-corrected chi connectivity index (χ2v) is 16.4. The normalized spacial score (nSPS) is 30.9. The minimum Gasteiger partial charge on any atom is -0.481 e. The number of rotatable bonds is 17. The highest BCUT2D eigenvalue weighted by molar-refractivity contribution is 5.97. The number of nitrogens with one attached hydrogen (secondary N) is 1. The lowest BCUT2D eigenvalue weighted by molar-refractivity contribution is -0.384. The zero-order valence-electron chi connectivity index (χ0n) is 31.7. The Kier molecular flexibility index (Phi) is 13.6. The summed E-state index contributed by atoms with van der Waals surface area (Å²) < 4.78 is 16.6. The summed E-state index contributed by atoms with van der Waals surface area (Å²) in [6.07, 6.45) is 9.38. The number of fused-ring (bicyclic) bond motifs is 5. The summed E-state index contributed by atoms with van der Waals surface area (Å²) in [5, 5.41) is 26.3. The number of non-ortho nitro benzene ring substituents is 1. The van der Waals surface area contributed by atoms with Crippen LogP contribution in [0.4, 0.5) is 5.69 Å². The van der Waals surface area contributed by atoms with Crippen LogP contribution in [0.15, 0.2) is 29.4 Å². The first-order valence-corrected chi connectivity index (χ1v) is 19.5. The smallest absolute Gasteiger partial charge is 0.329 e. The van der Waals surface area contributed by atoms with Crippen LogP contribution < -0.4 is 5.32 Å². The molecule has 4 fully saturated rings. The molecule has 5 rings (SSSR count). The molecule has 54 heavy (non-hydrogen) atoms. The highest BCUT2D eigenvalue weighted by Crippen LogP contribution is 2.68. The van der Waals surface area contributed by atoms with E-state index in [4.69, 9.17) is 19.7 Å². The number of carbonyl (C=O) groups is 4. The number of carboxylic acid groups (broad SMARTS) is 1. The lowest BCUT2D eigenvalue weighted by Crippen LogP contribution is -2.54. The van der Waals surface area contributed by atoms with E-state index < -0.39 is 35.2 Å². The van der Waals surface area contributed by atoms with Crippen molar-refractivity contribution in [3.05, 3.63) is 50.4 Å². The van der Waals surface area contributed by atoms with Gasteiger partial charge in [-0.05, 0) is 128 Å². The summed E-state index contributed by atoms with van der Waals surface area (Å²) in [6, 6.07) is 3.47. The topological polar surface area (TPSA) is 220 Å². The van der Waals surface area contributed by atoms with E-state index in [-0.39, 0.29) is 53.9 Å². The van der Waals surface area contributed by atoms with Crippen LogP contribution >= 0.6 is 0 Å². The summed E-state index contributed by atoms with van der Waals surface area (Å²) in [6.45, 7) is 8.23. The number of carbonyl (C=O) groups excluding carboxylic acids is 3. The fraction of sp³-hybridized carbons (Fsp3) is 0.744. The maximum absolute atomic E-state index is 13.3. The van der Waals surface area contributed by atoms with Crippen molar-refractivity contribution in [1.29, 1.82) is 0 Å². The van der Waals surface area contributed by atoms with Crippen molar-refractivity contribution in [2.45, 2.75) is 110 Å². The number of aliphatic carboxylic acids is 1. The molecule has 296 valence electrons. The van der Waals surface area contributed by atoms with Crippen molar-refractivity contribution in [3.63, 3.8) is 0 Å². The van der Waals surface area contributed by atoms with E-state index in [1.807, 2.05) is 0 Å². The van der Waals surface area contributed by atoms with Crippen molar-refractivity contribution >= 4 is 29.5 Å². The third-order valence-corrected chi connectivity index (χ3v) is 13.7. The van der Waals surface area contributed by atoms with Crippen molar-refractivity contribution in [2.75, 3.05) is 26.4 Å². The zero-order chi connectivity index (χ0) is 39.0. The van der Waals surface area contributed by atoms with Crippen molar-refractivity contribution in [3.8, 4) is 0 Å². The van der Waals surface area contributed by atoms with E-state index in [2.05, 4.69) is 36.1 Å². The van der Waals surface area contributed by atoms with Gasteiger partial charge in [0.1, 0.15) is 18.8 Å². The quantitative estimate of drug-likeness (QED) is 0.0315. The summed E-state index contributed by atoms with van der Waals surface area (Å²) >= 11 is 0. The molecule has 10 atom stereocenters. The first kappa shape index (κ1) is 40.9. The lowest BCUT2D eigenvalue weighted by Gasteiger charge is -2.61. The van der Waals surface area contributed by atoms with E-state index >= 15 is 0 Å². The third-order valence-electron chi connectivity index (χ3n) is 13.7. The van der Waals surface area contributed by atoms with Gasteiger partial charge in [0.05, 0.1) is 24.6 Å². The third kappa shape index (κ3) is 9.34. The highest BCUT2D eigenvalue weighted by atomic mass is 16.6. The lowest BCUT2D eigenvalue weighted by atomic mass is 9.44. The van der Waals surface area contributed by atoms with Gasteiger partial charge in [0, 0.05) is 35.6 Å². The fourth-order valence-corrected chi connectivity index (χ4v) is 11.0. The Bertz CT molecular complexity index is 1580. The molecule has 4 aliphatic rings. The Morgan fingerprint density at radius 2 is 1.74 bits per heavy atom. The SMILES string of the molecule is C[C@H](CCC(=O)OCCOCCN=[N+]=[N-])C1CC[C@H]2[C@@H]3CC[C@@H]4C[C@H](OC(=O)[C@H](CC(=O)O)NC(=O)c5ccc([N+](=O)[O-])cc5)CC[C@]4(C)[C@H]3CC[C@]12C. The molecule has 2 N–H and O–H groups in total. The number of nitro benzene ring substituents is 1. The minimum atomic E-state index is -1.39. The predicted octanol–water partition coefficient (Wildman–Crippen LogP) is 7.03. The number of esters is 2. The van der Waals surface area contributed by atoms with Crippen LogP contribution in [0.5, 0.6) is 0 Å². The Morgan fingerprint density at radius 3 is 2.44 bits per heavy atom. The van der Waals surface area contributed by atoms with Gasteiger partial charge in [0.2, 0.25) is 0 Å². The average molecular weight is 754 g/mol. The number of hydrogen-bond donors (Lipinski definition) is 2. The second kappa shape index (κ2) is 17.9. The molecule has 0 radical (unpaired) electrons. The Labute approximate surface area is 316 Å². The van der Waals surface area contributed by atoms with Crippen LogP contribution in [0.1, 0.15) is 108 Å². The number of carboxylic acids is 1. The molecule has 1 amide bonds. The summed E-state index contributed by atoms with van der Waals surface area (Å²) in [5.41, 5.74) is 8.55. The number of azide groups is 1. The fourth-order valence-electron chi connectivity index (χ4n) is 11.0. The summed E-state index contributed by atoms with van der Waals surface area (Å²) in [4.78, 5) is 63.3. The monoisotopic (exact) mass is 753 g/mol. The molecule has 15 heteroatoms. The van der Waals surface area contributed by atoms with Crippen molar-refractivity contribution in [2.24, 2.45) is 51.5 Å². The molecule has 1 aromatic rings. The van der Waals surface area contributed by atoms with Gasteiger partial charge in [-0.2, -0.15) is 0 Å². The Balaban J connectivity index is 1.12. The van der Waals surface area contributed by atoms with Crippen LogP contribution in [-0.2, 0) is 28.6 Å². The second-order valence-electron chi connectivity index (χ2n) is 16.4. The predicted molar refractivity (Wildman–Crippen MR) is 196 cm³/mol. The van der Waals surface area contributed by atoms with E-state index in [1.54, 1.807) is 0 Å². The zero-order valence-corrected chi connectivity index (χ0v) is 31.7. The van der Waals surface area contributed by atoms with Gasteiger partial charge in [-0.3, -0.25) is 24.5 Å². The number of benzene rings is 1. The Morgan fingerprint density at radius 1 is 1.02 bits per heavy atom. The number of nitrogens with zero attached hydrogens (tertiary/aromatic N) is 4. The van der Waals surface area contributed by atoms with Crippen molar-refractivity contribution in [1.82, 2.24) is 5.32 Å². The first-order valence-electron chi connectivity index (χ1n) is 19.5. The van der Waals surface area contributed by atoms with Crippen LogP contribution in [0, 0.1) is 56.5 Å². The van der Waals surface area contributed by atoms with Gasteiger partial charge >= 0.3 is 17.9 Å². The van der Waals surface area contributed by atoms with Gasteiger partial charge in [-0.1, -0.05) is 25.9 Å². The minimum absolute atomic E-state index is 0.0696. The molecule has 0 spiro atoms.